The van der Waals surface area contributed by atoms with E-state index in [-0.39, 0.29) is 5.82 Å². The van der Waals surface area contributed by atoms with Crippen LogP contribution in [0.5, 0.6) is 0 Å². The molecule has 1 unspecified atom stereocenters. The van der Waals surface area contributed by atoms with Crippen molar-refractivity contribution >= 4 is 34.2 Å². The van der Waals surface area contributed by atoms with Crippen molar-refractivity contribution in [1.29, 1.82) is 0 Å². The molecule has 5 rings (SSSR count). The van der Waals surface area contributed by atoms with Gasteiger partial charge in [-0.1, -0.05) is 35.9 Å². The van der Waals surface area contributed by atoms with E-state index in [1.807, 2.05) is 36.5 Å². The molecular formula is C24H16ClFN4OS. The third-order valence-corrected chi connectivity index (χ3v) is 6.35. The fraction of sp³-hybridized carbons (Fsp3) is 0. The van der Waals surface area contributed by atoms with Crippen molar-refractivity contribution in [2.45, 2.75) is 4.90 Å². The zero-order chi connectivity index (χ0) is 22.1. The van der Waals surface area contributed by atoms with Crippen LogP contribution in [0.2, 0.25) is 5.02 Å². The molecule has 0 amide bonds. The molecule has 2 aromatic heterocycles. The molecule has 0 aliphatic carbocycles. The Morgan fingerprint density at radius 3 is 2.28 bits per heavy atom. The Labute approximate surface area is 191 Å². The Hall–Kier alpha value is -3.39. The van der Waals surface area contributed by atoms with E-state index in [4.69, 9.17) is 11.6 Å². The van der Waals surface area contributed by atoms with Crippen LogP contribution >= 0.6 is 11.6 Å². The second-order valence-electron chi connectivity index (χ2n) is 7.08. The molecule has 0 bridgehead atoms. The Morgan fingerprint density at radius 2 is 1.56 bits per heavy atom. The minimum Gasteiger partial charge on any atom is -0.588 e. The molecule has 1 atom stereocenters. The molecule has 32 heavy (non-hydrogen) atoms. The zero-order valence-corrected chi connectivity index (χ0v) is 18.1. The molecular weight excluding hydrogens is 447 g/mol. The largest absolute Gasteiger partial charge is 0.588 e. The lowest BCUT2D eigenvalue weighted by molar-refractivity contribution is 0.600. The zero-order valence-electron chi connectivity index (χ0n) is 16.6. The van der Waals surface area contributed by atoms with E-state index in [1.165, 1.54) is 18.5 Å². The minimum absolute atomic E-state index is 0.274. The second kappa shape index (κ2) is 8.63. The van der Waals surface area contributed by atoms with E-state index >= 15 is 0 Å². The van der Waals surface area contributed by atoms with Crippen LogP contribution in [0.15, 0.2) is 96.3 Å². The summed E-state index contributed by atoms with van der Waals surface area (Å²) in [6.45, 7) is 0. The highest BCUT2D eigenvalue weighted by Gasteiger charge is 2.13. The molecule has 1 N–H and O–H groups in total. The van der Waals surface area contributed by atoms with Crippen molar-refractivity contribution < 1.29 is 8.94 Å². The molecule has 2 heterocycles. The maximum atomic E-state index is 13.3. The van der Waals surface area contributed by atoms with Gasteiger partial charge < -0.3 is 4.55 Å². The normalized spacial score (nSPS) is 12.1. The fourth-order valence-electron chi connectivity index (χ4n) is 3.37. The van der Waals surface area contributed by atoms with Gasteiger partial charge in [-0.25, -0.2) is 18.6 Å². The number of benzene rings is 3. The van der Waals surface area contributed by atoms with Gasteiger partial charge in [0.2, 0.25) is 0 Å². The molecule has 0 aliphatic heterocycles. The number of halogens is 2. The highest BCUT2D eigenvalue weighted by atomic mass is 35.5. The van der Waals surface area contributed by atoms with Crippen LogP contribution in [0.1, 0.15) is 0 Å². The van der Waals surface area contributed by atoms with Gasteiger partial charge in [0.1, 0.15) is 23.5 Å². The SMILES string of the molecule is [O-][S+](Nc1ccc(-c2ncnn3cc(-c4ccc(F)cc4)cc23)cc1)c1ccc(Cl)cc1. The highest BCUT2D eigenvalue weighted by molar-refractivity contribution is 7.92. The highest BCUT2D eigenvalue weighted by Crippen LogP contribution is 2.29. The van der Waals surface area contributed by atoms with E-state index in [9.17, 15) is 8.94 Å². The van der Waals surface area contributed by atoms with Gasteiger partial charge in [0.25, 0.3) is 0 Å². The number of nitrogens with one attached hydrogen (secondary N) is 1. The first-order chi connectivity index (χ1) is 15.6. The maximum Gasteiger partial charge on any atom is 0.180 e. The third kappa shape index (κ3) is 4.18. The van der Waals surface area contributed by atoms with E-state index in [0.717, 1.165) is 33.6 Å². The van der Waals surface area contributed by atoms with Crippen LogP contribution < -0.4 is 4.72 Å². The maximum absolute atomic E-state index is 13.3. The molecule has 158 valence electrons. The molecule has 0 saturated heterocycles. The quantitative estimate of drug-likeness (QED) is 0.326. The number of fused-ring (bicyclic) bond motifs is 1. The van der Waals surface area contributed by atoms with Gasteiger partial charge in [-0.05, 0) is 60.2 Å². The monoisotopic (exact) mass is 462 g/mol. The number of hydrogen-bond acceptors (Lipinski definition) is 4. The van der Waals surface area contributed by atoms with Gasteiger partial charge >= 0.3 is 0 Å². The Kier molecular flexibility index (Phi) is 5.53. The number of nitrogens with zero attached hydrogens (tertiary/aromatic N) is 3. The molecule has 0 radical (unpaired) electrons. The third-order valence-electron chi connectivity index (χ3n) is 4.98. The van der Waals surface area contributed by atoms with Crippen LogP contribution in [0.25, 0.3) is 27.9 Å². The first-order valence-corrected chi connectivity index (χ1v) is 11.2. The average Bonchev–Trinajstić information content (AvgIpc) is 3.25. The number of aromatic nitrogens is 3. The summed E-state index contributed by atoms with van der Waals surface area (Å²) in [4.78, 5) is 5.10. The topological polar surface area (TPSA) is 65.3 Å². The van der Waals surface area contributed by atoms with E-state index in [1.54, 1.807) is 40.9 Å². The first kappa shape index (κ1) is 20.5. The Bertz CT molecular complexity index is 1370. The Morgan fingerprint density at radius 1 is 0.875 bits per heavy atom. The van der Waals surface area contributed by atoms with Crippen molar-refractivity contribution in [1.82, 2.24) is 14.6 Å². The summed E-state index contributed by atoms with van der Waals surface area (Å²) in [6, 6.07) is 22.7. The summed E-state index contributed by atoms with van der Waals surface area (Å²) in [5.41, 5.74) is 5.02. The minimum atomic E-state index is -1.40. The molecule has 5 nitrogen and oxygen atoms in total. The molecule has 8 heteroatoms. The van der Waals surface area contributed by atoms with Gasteiger partial charge in [0.05, 0.1) is 16.9 Å². The molecule has 0 aliphatic rings. The van der Waals surface area contributed by atoms with Crippen molar-refractivity contribution in [2.75, 3.05) is 4.72 Å². The first-order valence-electron chi connectivity index (χ1n) is 9.70. The molecule has 0 fully saturated rings. The van der Waals surface area contributed by atoms with Crippen molar-refractivity contribution in [3.8, 4) is 22.4 Å². The number of rotatable bonds is 5. The lowest BCUT2D eigenvalue weighted by atomic mass is 10.1. The van der Waals surface area contributed by atoms with Gasteiger partial charge in [-0.3, -0.25) is 0 Å². The summed E-state index contributed by atoms with van der Waals surface area (Å²) < 4.78 is 30.5. The van der Waals surface area contributed by atoms with E-state index in [2.05, 4.69) is 14.8 Å². The van der Waals surface area contributed by atoms with Crippen LogP contribution in [-0.4, -0.2) is 19.2 Å². The van der Waals surface area contributed by atoms with Crippen LogP contribution in [0.4, 0.5) is 10.1 Å². The van der Waals surface area contributed by atoms with Gasteiger partial charge in [-0.2, -0.15) is 5.10 Å². The van der Waals surface area contributed by atoms with Gasteiger partial charge in [0, 0.05) is 22.3 Å². The van der Waals surface area contributed by atoms with Gasteiger partial charge in [0.15, 0.2) is 4.90 Å². The lowest BCUT2D eigenvalue weighted by Gasteiger charge is -2.12. The standard InChI is InChI=1S/C24H16ClFN4OS/c25-19-5-11-22(12-6-19)32(31)29-21-9-3-17(4-10-21)24-23-13-18(14-30(23)28-15-27-24)16-1-7-20(26)8-2-16/h1-15,29H. The molecule has 3 aromatic carbocycles. The fourth-order valence-corrected chi connectivity index (χ4v) is 4.35. The van der Waals surface area contributed by atoms with Crippen molar-refractivity contribution in [3.63, 3.8) is 0 Å². The second-order valence-corrected chi connectivity index (χ2v) is 8.73. The predicted octanol–water partition coefficient (Wildman–Crippen LogP) is 5.99. The lowest BCUT2D eigenvalue weighted by Crippen LogP contribution is -2.12. The predicted molar refractivity (Wildman–Crippen MR) is 125 cm³/mol. The van der Waals surface area contributed by atoms with Crippen molar-refractivity contribution in [3.05, 3.63) is 102 Å². The summed E-state index contributed by atoms with van der Waals surface area (Å²) in [5.74, 6) is -0.274. The smallest absolute Gasteiger partial charge is 0.180 e. The van der Waals surface area contributed by atoms with Crippen LogP contribution in [0.3, 0.4) is 0 Å². The molecule has 0 saturated carbocycles. The number of anilines is 1. The van der Waals surface area contributed by atoms with E-state index < -0.39 is 11.4 Å². The number of hydrogen-bond donors (Lipinski definition) is 1. The summed E-state index contributed by atoms with van der Waals surface area (Å²) in [6.07, 6.45) is 3.39. The summed E-state index contributed by atoms with van der Waals surface area (Å²) in [5, 5.41) is 4.89. The average molecular weight is 463 g/mol. The van der Waals surface area contributed by atoms with Crippen LogP contribution in [-0.2, 0) is 11.4 Å². The van der Waals surface area contributed by atoms with E-state index in [0.29, 0.717) is 9.92 Å². The van der Waals surface area contributed by atoms with Crippen LogP contribution in [0, 0.1) is 5.82 Å². The van der Waals surface area contributed by atoms with Gasteiger partial charge in [-0.15, -0.1) is 0 Å². The summed E-state index contributed by atoms with van der Waals surface area (Å²) >= 11 is 4.49. The van der Waals surface area contributed by atoms with Crippen molar-refractivity contribution in [2.24, 2.45) is 0 Å². The molecule has 0 spiro atoms. The summed E-state index contributed by atoms with van der Waals surface area (Å²) in [7, 11) is 0. The Balaban J connectivity index is 1.41. The molecule has 5 aromatic rings.